The van der Waals surface area contributed by atoms with Crippen molar-refractivity contribution in [1.82, 2.24) is 14.9 Å². The Morgan fingerprint density at radius 3 is 2.29 bits per heavy atom. The molecule has 21 heavy (non-hydrogen) atoms. The Labute approximate surface area is 128 Å². The van der Waals surface area contributed by atoms with Gasteiger partial charge in [0, 0.05) is 5.69 Å². The minimum atomic E-state index is 0.299. The third kappa shape index (κ3) is 3.35. The number of hydrogen-bond acceptors (Lipinski definition) is 2. The molecule has 3 nitrogen and oxygen atoms in total. The quantitative estimate of drug-likeness (QED) is 0.870. The van der Waals surface area contributed by atoms with E-state index >= 15 is 0 Å². The summed E-state index contributed by atoms with van der Waals surface area (Å²) in [4.78, 5) is 4.44. The number of imidazole rings is 1. The largest absolute Gasteiger partial charge is 0.330 e. The number of benzene rings is 1. The fraction of sp³-hybridized carbons (Fsp3) is 0.500. The topological polar surface area (TPSA) is 29.9 Å². The number of hydrogen-bond donors (Lipinski definition) is 1. The van der Waals surface area contributed by atoms with Crippen LogP contribution in [0.25, 0.3) is 0 Å². The summed E-state index contributed by atoms with van der Waals surface area (Å²) in [7, 11) is 0. The molecule has 0 aliphatic heterocycles. The Morgan fingerprint density at radius 1 is 1.14 bits per heavy atom. The molecule has 1 aromatic heterocycles. The fourth-order valence-electron chi connectivity index (χ4n) is 2.83. The Bertz CT molecular complexity index is 569. The Balaban J connectivity index is 2.30. The second-order valence-corrected chi connectivity index (χ2v) is 5.69. The van der Waals surface area contributed by atoms with Gasteiger partial charge in [-0.25, -0.2) is 4.98 Å². The van der Waals surface area contributed by atoms with Crippen LogP contribution < -0.4 is 5.32 Å². The normalized spacial score (nSPS) is 14.1. The Morgan fingerprint density at radius 2 is 1.81 bits per heavy atom. The van der Waals surface area contributed by atoms with Gasteiger partial charge in [0.1, 0.15) is 0 Å². The predicted molar refractivity (Wildman–Crippen MR) is 88.6 cm³/mol. The Kier molecular flexibility index (Phi) is 5.18. The van der Waals surface area contributed by atoms with E-state index in [2.05, 4.69) is 73.8 Å². The molecule has 0 aliphatic carbocycles. The number of rotatable bonds is 6. The Hall–Kier alpha value is -1.61. The molecule has 3 heteroatoms. The van der Waals surface area contributed by atoms with Crippen LogP contribution in [-0.2, 0) is 6.42 Å². The van der Waals surface area contributed by atoms with Gasteiger partial charge in [0.05, 0.1) is 24.1 Å². The molecule has 2 unspecified atom stereocenters. The van der Waals surface area contributed by atoms with E-state index in [1.54, 1.807) is 0 Å². The zero-order chi connectivity index (χ0) is 15.4. The van der Waals surface area contributed by atoms with Gasteiger partial charge in [-0.2, -0.15) is 0 Å². The summed E-state index contributed by atoms with van der Waals surface area (Å²) in [6.07, 6.45) is 3.04. The van der Waals surface area contributed by atoms with Crippen molar-refractivity contribution in [2.45, 2.75) is 53.1 Å². The summed E-state index contributed by atoms with van der Waals surface area (Å²) in [5, 5.41) is 3.62. The lowest BCUT2D eigenvalue weighted by Gasteiger charge is -2.27. The van der Waals surface area contributed by atoms with Crippen LogP contribution in [0.3, 0.4) is 0 Å². The van der Waals surface area contributed by atoms with Crippen molar-refractivity contribution in [3.05, 3.63) is 53.1 Å². The SMILES string of the molecule is CCNC(c1ccc(CC)cc1)C(C)n1cnc(C)c1C. The summed E-state index contributed by atoms with van der Waals surface area (Å²) < 4.78 is 2.27. The number of aryl methyl sites for hydroxylation is 2. The molecule has 0 fully saturated rings. The zero-order valence-electron chi connectivity index (χ0n) is 13.9. The monoisotopic (exact) mass is 285 g/mol. The van der Waals surface area contributed by atoms with Crippen molar-refractivity contribution in [2.24, 2.45) is 0 Å². The first-order chi connectivity index (χ1) is 10.1. The molecule has 2 aromatic rings. The molecule has 1 aromatic carbocycles. The van der Waals surface area contributed by atoms with E-state index in [1.807, 2.05) is 6.33 Å². The van der Waals surface area contributed by atoms with Gasteiger partial charge in [-0.3, -0.25) is 0 Å². The summed E-state index contributed by atoms with van der Waals surface area (Å²) >= 11 is 0. The highest BCUT2D eigenvalue weighted by atomic mass is 15.1. The van der Waals surface area contributed by atoms with E-state index in [-0.39, 0.29) is 0 Å². The minimum Gasteiger partial charge on any atom is -0.330 e. The molecular formula is C18H27N3. The van der Waals surface area contributed by atoms with Gasteiger partial charge in [-0.1, -0.05) is 38.1 Å². The molecule has 0 aliphatic rings. The van der Waals surface area contributed by atoms with E-state index in [4.69, 9.17) is 0 Å². The highest BCUT2D eigenvalue weighted by Gasteiger charge is 2.21. The van der Waals surface area contributed by atoms with Crippen molar-refractivity contribution in [3.63, 3.8) is 0 Å². The van der Waals surface area contributed by atoms with Crippen LogP contribution in [0.1, 0.15) is 55.4 Å². The van der Waals surface area contributed by atoms with Crippen molar-refractivity contribution < 1.29 is 0 Å². The highest BCUT2D eigenvalue weighted by molar-refractivity contribution is 5.26. The van der Waals surface area contributed by atoms with Gasteiger partial charge in [0.25, 0.3) is 0 Å². The second kappa shape index (κ2) is 6.90. The number of aromatic nitrogens is 2. The van der Waals surface area contributed by atoms with E-state index in [0.29, 0.717) is 12.1 Å². The van der Waals surface area contributed by atoms with Gasteiger partial charge < -0.3 is 9.88 Å². The molecule has 1 N–H and O–H groups in total. The van der Waals surface area contributed by atoms with Crippen molar-refractivity contribution in [1.29, 1.82) is 0 Å². The summed E-state index contributed by atoms with van der Waals surface area (Å²) in [6, 6.07) is 9.60. The van der Waals surface area contributed by atoms with E-state index in [9.17, 15) is 0 Å². The summed E-state index contributed by atoms with van der Waals surface area (Å²) in [5.74, 6) is 0. The van der Waals surface area contributed by atoms with Crippen LogP contribution in [-0.4, -0.2) is 16.1 Å². The van der Waals surface area contributed by atoms with Crippen LogP contribution in [0, 0.1) is 13.8 Å². The van der Waals surface area contributed by atoms with Crippen molar-refractivity contribution in [2.75, 3.05) is 6.54 Å². The molecule has 0 spiro atoms. The number of nitrogens with zero attached hydrogens (tertiary/aromatic N) is 2. The van der Waals surface area contributed by atoms with Crippen molar-refractivity contribution >= 4 is 0 Å². The van der Waals surface area contributed by atoms with Crippen LogP contribution >= 0.6 is 0 Å². The molecule has 2 rings (SSSR count). The van der Waals surface area contributed by atoms with Gasteiger partial charge in [0.2, 0.25) is 0 Å². The summed E-state index contributed by atoms with van der Waals surface area (Å²) in [5.41, 5.74) is 5.08. The van der Waals surface area contributed by atoms with Crippen LogP contribution in [0.15, 0.2) is 30.6 Å². The molecule has 1 heterocycles. The fourth-order valence-corrected chi connectivity index (χ4v) is 2.83. The minimum absolute atomic E-state index is 0.299. The average Bonchev–Trinajstić information content (AvgIpc) is 2.84. The number of likely N-dealkylation sites (N-methyl/N-ethyl adjacent to an activating group) is 1. The predicted octanol–water partition coefficient (Wildman–Crippen LogP) is 3.97. The lowest BCUT2D eigenvalue weighted by molar-refractivity contribution is 0.380. The highest BCUT2D eigenvalue weighted by Crippen LogP contribution is 2.28. The maximum atomic E-state index is 4.44. The second-order valence-electron chi connectivity index (χ2n) is 5.69. The molecule has 0 saturated heterocycles. The maximum Gasteiger partial charge on any atom is 0.0954 e. The first kappa shape index (κ1) is 15.8. The average molecular weight is 285 g/mol. The molecule has 0 radical (unpaired) electrons. The molecule has 2 atom stereocenters. The lowest BCUT2D eigenvalue weighted by Crippen LogP contribution is -2.29. The zero-order valence-corrected chi connectivity index (χ0v) is 13.9. The summed E-state index contributed by atoms with van der Waals surface area (Å²) in [6.45, 7) is 11.8. The maximum absolute atomic E-state index is 4.44. The molecule has 0 bridgehead atoms. The van der Waals surface area contributed by atoms with Gasteiger partial charge >= 0.3 is 0 Å². The standard InChI is InChI=1S/C18H27N3/c1-6-16-8-10-17(11-9-16)18(19-7-2)15(5)21-12-20-13(3)14(21)4/h8-12,15,18-19H,6-7H2,1-5H3. The molecular weight excluding hydrogens is 258 g/mol. The van der Waals surface area contributed by atoms with Crippen LogP contribution in [0.2, 0.25) is 0 Å². The molecule has 0 saturated carbocycles. The van der Waals surface area contributed by atoms with Crippen molar-refractivity contribution in [3.8, 4) is 0 Å². The van der Waals surface area contributed by atoms with Gasteiger partial charge in [-0.15, -0.1) is 0 Å². The van der Waals surface area contributed by atoms with Crippen LogP contribution in [0.5, 0.6) is 0 Å². The lowest BCUT2D eigenvalue weighted by atomic mass is 9.98. The van der Waals surface area contributed by atoms with Gasteiger partial charge in [-0.05, 0) is 44.9 Å². The molecule has 0 amide bonds. The molecule has 114 valence electrons. The van der Waals surface area contributed by atoms with E-state index in [1.165, 1.54) is 16.8 Å². The third-order valence-electron chi connectivity index (χ3n) is 4.38. The first-order valence-electron chi connectivity index (χ1n) is 7.90. The third-order valence-corrected chi connectivity index (χ3v) is 4.38. The smallest absolute Gasteiger partial charge is 0.0954 e. The van der Waals surface area contributed by atoms with Crippen LogP contribution in [0.4, 0.5) is 0 Å². The van der Waals surface area contributed by atoms with Gasteiger partial charge in [0.15, 0.2) is 0 Å². The number of nitrogens with one attached hydrogen (secondary N) is 1. The van der Waals surface area contributed by atoms with E-state index < -0.39 is 0 Å². The first-order valence-corrected chi connectivity index (χ1v) is 7.90. The van der Waals surface area contributed by atoms with E-state index in [0.717, 1.165) is 18.7 Å².